The second kappa shape index (κ2) is 9.69. The summed E-state index contributed by atoms with van der Waals surface area (Å²) in [5, 5.41) is 17.6. The zero-order valence-corrected chi connectivity index (χ0v) is 17.3. The summed E-state index contributed by atoms with van der Waals surface area (Å²) in [5.74, 6) is -1.20. The van der Waals surface area contributed by atoms with Crippen molar-refractivity contribution in [2.24, 2.45) is 5.92 Å². The van der Waals surface area contributed by atoms with E-state index >= 15 is 0 Å². The summed E-state index contributed by atoms with van der Waals surface area (Å²) in [7, 11) is 2.17. The van der Waals surface area contributed by atoms with Crippen molar-refractivity contribution in [2.75, 3.05) is 20.1 Å². The number of piperidine rings is 1. The van der Waals surface area contributed by atoms with Crippen molar-refractivity contribution >= 4 is 29.1 Å². The van der Waals surface area contributed by atoms with Crippen LogP contribution in [0.15, 0.2) is 47.9 Å². The van der Waals surface area contributed by atoms with Gasteiger partial charge in [0, 0.05) is 23.6 Å². The lowest BCUT2D eigenvalue weighted by molar-refractivity contribution is -0.134. The van der Waals surface area contributed by atoms with Crippen LogP contribution in [0.4, 0.5) is 0 Å². The first-order chi connectivity index (χ1) is 14.4. The molecule has 4 rings (SSSR count). The first kappa shape index (κ1) is 21.7. The monoisotopic (exact) mass is 429 g/mol. The fourth-order valence-corrected chi connectivity index (χ4v) is 4.52. The Balaban J connectivity index is 0.000000275. The lowest BCUT2D eigenvalue weighted by Crippen LogP contribution is -2.34. The molecule has 1 saturated heterocycles. The van der Waals surface area contributed by atoms with Crippen molar-refractivity contribution in [3.63, 3.8) is 0 Å². The van der Waals surface area contributed by atoms with E-state index < -0.39 is 11.9 Å². The van der Waals surface area contributed by atoms with E-state index in [0.717, 1.165) is 42.1 Å². The number of para-hydroxylation sites is 1. The second-order valence-corrected chi connectivity index (χ2v) is 8.14. The van der Waals surface area contributed by atoms with Crippen molar-refractivity contribution in [3.05, 3.63) is 63.9 Å². The van der Waals surface area contributed by atoms with Gasteiger partial charge >= 0.3 is 11.9 Å². The molecule has 1 atom stereocenters. The molecule has 1 unspecified atom stereocenters. The SMILES string of the molecule is CN1CCC(C2Oc3ccccc3C(=O)c3sccc32)CC1.O=C(O)C=CC(=O)O. The number of fused-ring (bicyclic) bond motifs is 2. The number of rotatable bonds is 3. The van der Waals surface area contributed by atoms with E-state index in [1.54, 1.807) is 0 Å². The highest BCUT2D eigenvalue weighted by Crippen LogP contribution is 2.42. The van der Waals surface area contributed by atoms with Gasteiger partial charge in [0.15, 0.2) is 0 Å². The minimum atomic E-state index is -1.26. The van der Waals surface area contributed by atoms with E-state index in [0.29, 0.717) is 23.6 Å². The smallest absolute Gasteiger partial charge is 0.328 e. The van der Waals surface area contributed by atoms with E-state index in [2.05, 4.69) is 18.0 Å². The van der Waals surface area contributed by atoms with Crippen LogP contribution in [0.25, 0.3) is 0 Å². The molecule has 0 aliphatic carbocycles. The number of hydrogen-bond acceptors (Lipinski definition) is 6. The number of aliphatic carboxylic acids is 2. The number of ketones is 1. The van der Waals surface area contributed by atoms with Gasteiger partial charge in [0.05, 0.1) is 10.4 Å². The topological polar surface area (TPSA) is 104 Å². The number of nitrogens with zero attached hydrogens (tertiary/aromatic N) is 1. The van der Waals surface area contributed by atoms with Crippen LogP contribution >= 0.6 is 11.3 Å². The summed E-state index contributed by atoms with van der Waals surface area (Å²) in [4.78, 5) is 35.1. The Bertz CT molecular complexity index is 942. The third-order valence-corrected chi connectivity index (χ3v) is 6.08. The molecule has 1 aromatic carbocycles. The van der Waals surface area contributed by atoms with Crippen molar-refractivity contribution < 1.29 is 29.3 Å². The standard InChI is InChI=1S/C18H19NO2S.C4H4O4/c1-19-9-6-12(7-10-19)17-14-8-11-22-18(14)16(20)13-4-2-3-5-15(13)21-17;5-3(6)1-2-4(7)8/h2-5,8,11-12,17H,6-7,9-10H2,1H3;1-2H,(H,5,6)(H,7,8). The van der Waals surface area contributed by atoms with E-state index in [1.807, 2.05) is 29.6 Å². The Labute approximate surface area is 178 Å². The molecule has 8 heteroatoms. The van der Waals surface area contributed by atoms with Crippen LogP contribution in [-0.2, 0) is 9.59 Å². The fraction of sp³-hybridized carbons (Fsp3) is 0.318. The van der Waals surface area contributed by atoms with E-state index in [-0.39, 0.29) is 11.9 Å². The molecular weight excluding hydrogens is 406 g/mol. The third kappa shape index (κ3) is 5.14. The largest absolute Gasteiger partial charge is 0.485 e. The molecule has 0 saturated carbocycles. The lowest BCUT2D eigenvalue weighted by Gasteiger charge is -2.34. The van der Waals surface area contributed by atoms with Gasteiger partial charge in [0.25, 0.3) is 0 Å². The molecule has 0 spiro atoms. The molecule has 7 nitrogen and oxygen atoms in total. The van der Waals surface area contributed by atoms with Gasteiger partial charge in [-0.05, 0) is 56.6 Å². The molecule has 2 N–H and O–H groups in total. The minimum Gasteiger partial charge on any atom is -0.485 e. The molecule has 2 aliphatic heterocycles. The quantitative estimate of drug-likeness (QED) is 0.720. The molecule has 1 aromatic heterocycles. The van der Waals surface area contributed by atoms with Gasteiger partial charge in [0.1, 0.15) is 11.9 Å². The summed E-state index contributed by atoms with van der Waals surface area (Å²) in [5.41, 5.74) is 1.78. The van der Waals surface area contributed by atoms with Crippen molar-refractivity contribution in [1.82, 2.24) is 4.90 Å². The van der Waals surface area contributed by atoms with Crippen LogP contribution in [0.1, 0.15) is 39.7 Å². The summed E-state index contributed by atoms with van der Waals surface area (Å²) >= 11 is 1.54. The van der Waals surface area contributed by atoms with Gasteiger partial charge in [-0.25, -0.2) is 9.59 Å². The number of benzene rings is 1. The van der Waals surface area contributed by atoms with E-state index in [9.17, 15) is 14.4 Å². The molecular formula is C22H23NO6S. The predicted octanol–water partition coefficient (Wildman–Crippen LogP) is 3.47. The molecule has 0 radical (unpaired) electrons. The van der Waals surface area contributed by atoms with E-state index in [4.69, 9.17) is 14.9 Å². The van der Waals surface area contributed by atoms with Crippen molar-refractivity contribution in [3.8, 4) is 5.75 Å². The first-order valence-corrected chi connectivity index (χ1v) is 10.4. The Morgan fingerprint density at radius 2 is 1.73 bits per heavy atom. The number of carboxylic acids is 2. The summed E-state index contributed by atoms with van der Waals surface area (Å²) in [6, 6.07) is 9.72. The maximum absolute atomic E-state index is 12.8. The van der Waals surface area contributed by atoms with Gasteiger partial charge in [-0.3, -0.25) is 4.79 Å². The molecule has 3 heterocycles. The van der Waals surface area contributed by atoms with Crippen molar-refractivity contribution in [2.45, 2.75) is 18.9 Å². The zero-order valence-electron chi connectivity index (χ0n) is 16.5. The average Bonchev–Trinajstić information content (AvgIpc) is 3.17. The van der Waals surface area contributed by atoms with Crippen LogP contribution < -0.4 is 4.74 Å². The van der Waals surface area contributed by atoms with E-state index in [1.165, 1.54) is 11.3 Å². The molecule has 1 fully saturated rings. The summed E-state index contributed by atoms with van der Waals surface area (Å²) < 4.78 is 6.35. The maximum atomic E-state index is 12.8. The fourth-order valence-electron chi connectivity index (χ4n) is 3.63. The highest BCUT2D eigenvalue weighted by molar-refractivity contribution is 7.12. The number of carbonyl (C=O) groups is 3. The zero-order chi connectivity index (χ0) is 21.7. The van der Waals surface area contributed by atoms with Crippen LogP contribution in [-0.4, -0.2) is 53.0 Å². The summed E-state index contributed by atoms with van der Waals surface area (Å²) in [6.07, 6.45) is 3.35. The Kier molecular flexibility index (Phi) is 7.02. The summed E-state index contributed by atoms with van der Waals surface area (Å²) in [6.45, 7) is 2.19. The predicted molar refractivity (Wildman–Crippen MR) is 112 cm³/mol. The molecule has 30 heavy (non-hydrogen) atoms. The van der Waals surface area contributed by atoms with Gasteiger partial charge < -0.3 is 19.8 Å². The van der Waals surface area contributed by atoms with Crippen molar-refractivity contribution in [1.29, 1.82) is 0 Å². The highest BCUT2D eigenvalue weighted by atomic mass is 32.1. The second-order valence-electron chi connectivity index (χ2n) is 7.22. The number of carboxylic acid groups (broad SMARTS) is 2. The van der Waals surface area contributed by atoms with Crippen LogP contribution in [0.3, 0.4) is 0 Å². The first-order valence-electron chi connectivity index (χ1n) is 9.57. The number of carbonyl (C=O) groups excluding carboxylic acids is 1. The lowest BCUT2D eigenvalue weighted by atomic mass is 9.87. The van der Waals surface area contributed by atoms with Gasteiger partial charge in [0.2, 0.25) is 5.78 Å². The van der Waals surface area contributed by atoms with Gasteiger partial charge in [-0.15, -0.1) is 11.3 Å². The van der Waals surface area contributed by atoms with Crippen LogP contribution in [0.5, 0.6) is 5.75 Å². The highest BCUT2D eigenvalue weighted by Gasteiger charge is 2.35. The molecule has 2 aliphatic rings. The Hall–Kier alpha value is -2.97. The number of hydrogen-bond donors (Lipinski definition) is 2. The minimum absolute atomic E-state index is 0.00236. The number of likely N-dealkylation sites (tertiary alicyclic amines) is 1. The van der Waals surface area contributed by atoms with Crippen LogP contribution in [0, 0.1) is 5.92 Å². The maximum Gasteiger partial charge on any atom is 0.328 e. The third-order valence-electron chi connectivity index (χ3n) is 5.15. The number of thiophene rings is 1. The average molecular weight is 429 g/mol. The Morgan fingerprint density at radius 3 is 2.37 bits per heavy atom. The Morgan fingerprint density at radius 1 is 1.10 bits per heavy atom. The van der Waals surface area contributed by atoms with Crippen LogP contribution in [0.2, 0.25) is 0 Å². The normalized spacial score (nSPS) is 19.1. The molecule has 0 amide bonds. The number of ether oxygens (including phenoxy) is 1. The van der Waals surface area contributed by atoms with Gasteiger partial charge in [-0.2, -0.15) is 0 Å². The molecule has 0 bridgehead atoms. The van der Waals surface area contributed by atoms with Gasteiger partial charge in [-0.1, -0.05) is 12.1 Å². The molecule has 158 valence electrons. The molecule has 2 aromatic rings.